The van der Waals surface area contributed by atoms with Gasteiger partial charge in [-0.05, 0) is 35.9 Å². The van der Waals surface area contributed by atoms with E-state index in [0.717, 1.165) is 29.0 Å². The van der Waals surface area contributed by atoms with Gasteiger partial charge in [0.1, 0.15) is 0 Å². The molecule has 4 nitrogen and oxygen atoms in total. The first kappa shape index (κ1) is 16.7. The lowest BCUT2D eigenvalue weighted by Gasteiger charge is -2.08. The molecule has 2 heterocycles. The third-order valence-corrected chi connectivity index (χ3v) is 4.70. The van der Waals surface area contributed by atoms with Crippen molar-refractivity contribution < 1.29 is 22.6 Å². The van der Waals surface area contributed by atoms with Gasteiger partial charge in [-0.2, -0.15) is 13.2 Å². The molecule has 3 aromatic rings. The van der Waals surface area contributed by atoms with Crippen LogP contribution in [0.1, 0.15) is 11.1 Å². The molecule has 0 unspecified atom stereocenters. The van der Waals surface area contributed by atoms with Crippen LogP contribution in [-0.2, 0) is 12.7 Å². The van der Waals surface area contributed by atoms with Crippen LogP contribution in [-0.4, -0.2) is 11.8 Å². The predicted octanol–water partition coefficient (Wildman–Crippen LogP) is 5.17. The maximum absolute atomic E-state index is 12.6. The number of fused-ring (bicyclic) bond motifs is 1. The number of hydrogen-bond donors (Lipinski definition) is 1. The minimum atomic E-state index is -4.32. The molecule has 26 heavy (non-hydrogen) atoms. The highest BCUT2D eigenvalue weighted by atomic mass is 32.1. The Bertz CT molecular complexity index is 923. The van der Waals surface area contributed by atoms with Crippen LogP contribution in [0, 0.1) is 0 Å². The number of nitrogens with zero attached hydrogens (tertiary/aromatic N) is 1. The van der Waals surface area contributed by atoms with Gasteiger partial charge < -0.3 is 14.8 Å². The molecular formula is C18H13F3N2O2S. The van der Waals surface area contributed by atoms with Crippen molar-refractivity contribution in [3.8, 4) is 22.8 Å². The van der Waals surface area contributed by atoms with Crippen molar-refractivity contribution in [2.75, 3.05) is 12.1 Å². The summed E-state index contributed by atoms with van der Waals surface area (Å²) in [5.41, 5.74) is 1.80. The molecule has 134 valence electrons. The lowest BCUT2D eigenvalue weighted by atomic mass is 10.1. The van der Waals surface area contributed by atoms with E-state index in [9.17, 15) is 13.2 Å². The summed E-state index contributed by atoms with van der Waals surface area (Å²) < 4.78 is 48.4. The Balaban J connectivity index is 1.42. The van der Waals surface area contributed by atoms with Crippen LogP contribution in [0.25, 0.3) is 11.3 Å². The van der Waals surface area contributed by atoms with E-state index in [-0.39, 0.29) is 6.79 Å². The predicted molar refractivity (Wildman–Crippen MR) is 92.4 cm³/mol. The summed E-state index contributed by atoms with van der Waals surface area (Å²) >= 11 is 1.43. The van der Waals surface area contributed by atoms with Gasteiger partial charge in [-0.25, -0.2) is 4.98 Å². The average Bonchev–Trinajstić information content (AvgIpc) is 3.28. The van der Waals surface area contributed by atoms with Crippen molar-refractivity contribution in [1.29, 1.82) is 0 Å². The third-order valence-electron chi connectivity index (χ3n) is 3.90. The number of alkyl halides is 3. The highest BCUT2D eigenvalue weighted by Gasteiger charge is 2.29. The Morgan fingerprint density at radius 1 is 1.04 bits per heavy atom. The molecule has 0 aliphatic carbocycles. The van der Waals surface area contributed by atoms with Crippen molar-refractivity contribution in [3.63, 3.8) is 0 Å². The van der Waals surface area contributed by atoms with Crippen molar-refractivity contribution in [2.45, 2.75) is 12.7 Å². The van der Waals surface area contributed by atoms with Crippen LogP contribution in [0.5, 0.6) is 11.5 Å². The quantitative estimate of drug-likeness (QED) is 0.680. The van der Waals surface area contributed by atoms with Gasteiger partial charge in [0.25, 0.3) is 0 Å². The fraction of sp³-hybridized carbons (Fsp3) is 0.167. The van der Waals surface area contributed by atoms with Gasteiger partial charge in [0.15, 0.2) is 16.6 Å². The number of thiazole rings is 1. The summed E-state index contributed by atoms with van der Waals surface area (Å²) in [4.78, 5) is 4.51. The van der Waals surface area contributed by atoms with Gasteiger partial charge in [0, 0.05) is 17.5 Å². The second-order valence-corrected chi connectivity index (χ2v) is 6.51. The molecular weight excluding hydrogens is 365 g/mol. The second-order valence-electron chi connectivity index (χ2n) is 5.65. The summed E-state index contributed by atoms with van der Waals surface area (Å²) in [5.74, 6) is 1.40. The molecule has 1 aliphatic rings. The standard InChI is InChI=1S/C18H13F3N2O2S/c19-18(20,21)13-4-1-11(2-5-13)8-22-17-23-14(9-26-17)12-3-6-15-16(7-12)25-10-24-15/h1-7,9H,8,10H2,(H,22,23). The number of aromatic nitrogens is 1. The molecule has 4 rings (SSSR count). The number of nitrogens with one attached hydrogen (secondary N) is 1. The Labute approximate surface area is 151 Å². The number of hydrogen-bond acceptors (Lipinski definition) is 5. The van der Waals surface area contributed by atoms with Gasteiger partial charge in [-0.15, -0.1) is 11.3 Å². The highest BCUT2D eigenvalue weighted by Crippen LogP contribution is 2.36. The van der Waals surface area contributed by atoms with Crippen LogP contribution >= 0.6 is 11.3 Å². The minimum absolute atomic E-state index is 0.218. The Morgan fingerprint density at radius 2 is 1.81 bits per heavy atom. The third kappa shape index (κ3) is 3.45. The van der Waals surface area contributed by atoms with E-state index in [4.69, 9.17) is 9.47 Å². The molecule has 0 radical (unpaired) electrons. The lowest BCUT2D eigenvalue weighted by molar-refractivity contribution is -0.137. The van der Waals surface area contributed by atoms with Crippen molar-refractivity contribution in [2.24, 2.45) is 0 Å². The van der Waals surface area contributed by atoms with Gasteiger partial charge >= 0.3 is 6.18 Å². The summed E-state index contributed by atoms with van der Waals surface area (Å²) in [5, 5.41) is 5.73. The second kappa shape index (κ2) is 6.53. The van der Waals surface area contributed by atoms with Crippen LogP contribution in [0.4, 0.5) is 18.3 Å². The van der Waals surface area contributed by atoms with Crippen molar-refractivity contribution in [3.05, 3.63) is 59.0 Å². The van der Waals surface area contributed by atoms with Crippen LogP contribution in [0.2, 0.25) is 0 Å². The zero-order valence-electron chi connectivity index (χ0n) is 13.3. The molecule has 0 spiro atoms. The van der Waals surface area contributed by atoms with Gasteiger partial charge in [-0.3, -0.25) is 0 Å². The summed E-state index contributed by atoms with van der Waals surface area (Å²) in [6.07, 6.45) is -4.32. The maximum atomic E-state index is 12.6. The SMILES string of the molecule is FC(F)(F)c1ccc(CNc2nc(-c3ccc4c(c3)OCO4)cs2)cc1. The van der Waals surface area contributed by atoms with E-state index in [1.54, 1.807) is 0 Å². The maximum Gasteiger partial charge on any atom is 0.416 e. The number of ether oxygens (including phenoxy) is 2. The number of anilines is 1. The largest absolute Gasteiger partial charge is 0.454 e. The monoisotopic (exact) mass is 378 g/mol. The van der Waals surface area contributed by atoms with E-state index < -0.39 is 11.7 Å². The molecule has 0 amide bonds. The first-order valence-corrected chi connectivity index (χ1v) is 8.62. The molecule has 0 atom stereocenters. The van der Waals surface area contributed by atoms with E-state index in [2.05, 4.69) is 10.3 Å². The smallest absolute Gasteiger partial charge is 0.416 e. The molecule has 1 N–H and O–H groups in total. The Morgan fingerprint density at radius 3 is 2.58 bits per heavy atom. The topological polar surface area (TPSA) is 43.4 Å². The summed E-state index contributed by atoms with van der Waals surface area (Å²) in [6.45, 7) is 0.613. The van der Waals surface area contributed by atoms with Crippen LogP contribution < -0.4 is 14.8 Å². The number of halogens is 3. The van der Waals surface area contributed by atoms with Gasteiger partial charge in [0.2, 0.25) is 6.79 Å². The molecule has 0 saturated heterocycles. The number of rotatable bonds is 4. The van der Waals surface area contributed by atoms with Gasteiger partial charge in [0.05, 0.1) is 11.3 Å². The summed E-state index contributed by atoms with van der Waals surface area (Å²) in [7, 11) is 0. The number of benzene rings is 2. The van der Waals surface area contributed by atoms with Crippen LogP contribution in [0.15, 0.2) is 47.8 Å². The van der Waals surface area contributed by atoms with E-state index >= 15 is 0 Å². The molecule has 1 aliphatic heterocycles. The van der Waals surface area contributed by atoms with Crippen molar-refractivity contribution >= 4 is 16.5 Å². The normalized spacial score (nSPS) is 13.0. The molecule has 0 fully saturated rings. The van der Waals surface area contributed by atoms with Crippen LogP contribution in [0.3, 0.4) is 0 Å². The van der Waals surface area contributed by atoms with Crippen molar-refractivity contribution in [1.82, 2.24) is 4.98 Å². The van der Waals surface area contributed by atoms with E-state index in [0.29, 0.717) is 23.2 Å². The average molecular weight is 378 g/mol. The fourth-order valence-corrected chi connectivity index (χ4v) is 3.25. The fourth-order valence-electron chi connectivity index (χ4n) is 2.53. The minimum Gasteiger partial charge on any atom is -0.454 e. The molecule has 1 aromatic heterocycles. The lowest BCUT2D eigenvalue weighted by Crippen LogP contribution is -2.05. The molecule has 8 heteroatoms. The molecule has 2 aromatic carbocycles. The Hall–Kier alpha value is -2.74. The highest BCUT2D eigenvalue weighted by molar-refractivity contribution is 7.14. The van der Waals surface area contributed by atoms with E-state index in [1.165, 1.54) is 23.5 Å². The molecule has 0 saturated carbocycles. The van der Waals surface area contributed by atoms with Gasteiger partial charge in [-0.1, -0.05) is 12.1 Å². The summed E-state index contributed by atoms with van der Waals surface area (Å²) in [6, 6.07) is 10.7. The Kier molecular flexibility index (Phi) is 4.20. The molecule has 0 bridgehead atoms. The zero-order chi connectivity index (χ0) is 18.1. The van der Waals surface area contributed by atoms with E-state index in [1.807, 2.05) is 23.6 Å². The first-order valence-electron chi connectivity index (χ1n) is 7.74. The first-order chi connectivity index (χ1) is 12.5. The zero-order valence-corrected chi connectivity index (χ0v) is 14.2.